The molecular weight excluding hydrogens is 338 g/mol. The minimum absolute atomic E-state index is 0.747. The molecule has 7 heteroatoms. The third kappa shape index (κ3) is 4.72. The van der Waals surface area contributed by atoms with Crippen molar-refractivity contribution >= 4 is 23.8 Å². The number of hydrogen-bond donors (Lipinski definition) is 1. The molecule has 0 aliphatic carbocycles. The van der Waals surface area contributed by atoms with Crippen LogP contribution in [0.4, 0.5) is 17.6 Å². The Labute approximate surface area is 160 Å². The lowest BCUT2D eigenvalue weighted by molar-refractivity contribution is 0.561. The Morgan fingerprint density at radius 2 is 1.52 bits per heavy atom. The van der Waals surface area contributed by atoms with Gasteiger partial charge in [0, 0.05) is 44.6 Å². The first kappa shape index (κ1) is 17.7. The topological polar surface area (TPSA) is 69.5 Å². The van der Waals surface area contributed by atoms with Crippen LogP contribution in [0.15, 0.2) is 35.7 Å². The first-order chi connectivity index (χ1) is 13.4. The van der Waals surface area contributed by atoms with Crippen molar-refractivity contribution in [3.8, 4) is 0 Å². The van der Waals surface area contributed by atoms with Gasteiger partial charge in [-0.1, -0.05) is 0 Å². The minimum atomic E-state index is 0.747. The van der Waals surface area contributed by atoms with Gasteiger partial charge in [0.2, 0.25) is 5.95 Å². The van der Waals surface area contributed by atoms with Crippen molar-refractivity contribution in [2.45, 2.75) is 38.5 Å². The molecule has 27 heavy (non-hydrogen) atoms. The van der Waals surface area contributed by atoms with E-state index in [2.05, 4.69) is 25.3 Å². The molecule has 7 nitrogen and oxygen atoms in total. The summed E-state index contributed by atoms with van der Waals surface area (Å²) in [5, 5.41) is 4.35. The van der Waals surface area contributed by atoms with Crippen LogP contribution in [-0.2, 0) is 0 Å². The second kappa shape index (κ2) is 8.79. The molecule has 2 aliphatic heterocycles. The van der Waals surface area contributed by atoms with Gasteiger partial charge in [-0.2, -0.15) is 15.1 Å². The highest BCUT2D eigenvalue weighted by Gasteiger charge is 2.19. The van der Waals surface area contributed by atoms with E-state index in [0.29, 0.717) is 0 Å². The summed E-state index contributed by atoms with van der Waals surface area (Å²) in [5.74, 6) is 2.57. The predicted octanol–water partition coefficient (Wildman–Crippen LogP) is 3.30. The van der Waals surface area contributed by atoms with E-state index in [4.69, 9.17) is 9.97 Å². The average molecular weight is 365 g/mol. The molecule has 2 aliphatic rings. The Hall–Kier alpha value is -2.70. The van der Waals surface area contributed by atoms with E-state index >= 15 is 0 Å². The molecule has 2 aromatic heterocycles. The molecule has 0 unspecified atom stereocenters. The van der Waals surface area contributed by atoms with Crippen LogP contribution in [0.1, 0.15) is 44.1 Å². The standard InChI is InChI=1S/C20H27N7/c1-3-11-26(12-4-1)19-15-18(25-22-16-17-7-9-21-10-8-17)23-20(24-19)27-13-5-2-6-14-27/h7-10,15-16H,1-6,11-14H2,(H,23,24,25)/b22-16-. The molecule has 0 bridgehead atoms. The molecule has 2 fully saturated rings. The molecule has 0 radical (unpaired) electrons. The third-order valence-corrected chi connectivity index (χ3v) is 5.12. The van der Waals surface area contributed by atoms with E-state index in [9.17, 15) is 0 Å². The number of nitrogens with zero attached hydrogens (tertiary/aromatic N) is 6. The smallest absolute Gasteiger partial charge is 0.229 e. The minimum Gasteiger partial charge on any atom is -0.356 e. The maximum absolute atomic E-state index is 4.89. The fourth-order valence-corrected chi connectivity index (χ4v) is 3.62. The molecule has 142 valence electrons. The summed E-state index contributed by atoms with van der Waals surface area (Å²) in [7, 11) is 0. The highest BCUT2D eigenvalue weighted by Crippen LogP contribution is 2.25. The Bertz CT molecular complexity index is 714. The molecule has 0 atom stereocenters. The summed E-state index contributed by atoms with van der Waals surface area (Å²) in [4.78, 5) is 18.3. The fourth-order valence-electron chi connectivity index (χ4n) is 3.62. The van der Waals surface area contributed by atoms with Crippen molar-refractivity contribution in [1.82, 2.24) is 15.0 Å². The number of pyridine rings is 1. The van der Waals surface area contributed by atoms with E-state index in [1.165, 1.54) is 38.5 Å². The van der Waals surface area contributed by atoms with Gasteiger partial charge in [0.25, 0.3) is 0 Å². The van der Waals surface area contributed by atoms with Crippen molar-refractivity contribution in [3.63, 3.8) is 0 Å². The molecular formula is C20H27N7. The molecule has 2 saturated heterocycles. The van der Waals surface area contributed by atoms with Crippen LogP contribution in [0.3, 0.4) is 0 Å². The molecule has 1 N–H and O–H groups in total. The van der Waals surface area contributed by atoms with Crippen molar-refractivity contribution in [3.05, 3.63) is 36.2 Å². The first-order valence-corrected chi connectivity index (χ1v) is 9.96. The summed E-state index contributed by atoms with van der Waals surface area (Å²) in [6, 6.07) is 5.86. The van der Waals surface area contributed by atoms with Crippen LogP contribution in [0, 0.1) is 0 Å². The Morgan fingerprint density at radius 1 is 0.852 bits per heavy atom. The van der Waals surface area contributed by atoms with Gasteiger partial charge in [-0.3, -0.25) is 10.4 Å². The SMILES string of the molecule is C(=N/Nc1cc(N2CCCCC2)nc(N2CCCCC2)n1)/c1ccncc1. The lowest BCUT2D eigenvalue weighted by Crippen LogP contribution is -2.33. The van der Waals surface area contributed by atoms with E-state index in [1.54, 1.807) is 18.6 Å². The number of piperidine rings is 2. The van der Waals surface area contributed by atoms with Crippen LogP contribution >= 0.6 is 0 Å². The maximum Gasteiger partial charge on any atom is 0.229 e. The maximum atomic E-state index is 4.89. The summed E-state index contributed by atoms with van der Waals surface area (Å²) in [5.41, 5.74) is 4.10. The summed E-state index contributed by atoms with van der Waals surface area (Å²) < 4.78 is 0. The van der Waals surface area contributed by atoms with Gasteiger partial charge in [0.15, 0.2) is 5.82 Å². The van der Waals surface area contributed by atoms with Crippen molar-refractivity contribution in [2.24, 2.45) is 5.10 Å². The van der Waals surface area contributed by atoms with Gasteiger partial charge in [-0.25, -0.2) is 0 Å². The quantitative estimate of drug-likeness (QED) is 0.648. The summed E-state index contributed by atoms with van der Waals surface area (Å²) in [6.07, 6.45) is 12.8. The van der Waals surface area contributed by atoms with Gasteiger partial charge in [0.1, 0.15) is 5.82 Å². The third-order valence-electron chi connectivity index (χ3n) is 5.12. The molecule has 0 saturated carbocycles. The van der Waals surface area contributed by atoms with E-state index in [-0.39, 0.29) is 0 Å². The highest BCUT2D eigenvalue weighted by molar-refractivity contribution is 5.79. The summed E-state index contributed by atoms with van der Waals surface area (Å²) in [6.45, 7) is 4.19. The van der Waals surface area contributed by atoms with Crippen molar-refractivity contribution in [1.29, 1.82) is 0 Å². The van der Waals surface area contributed by atoms with Gasteiger partial charge >= 0.3 is 0 Å². The zero-order valence-corrected chi connectivity index (χ0v) is 15.7. The normalized spacial score (nSPS) is 18.1. The molecule has 0 spiro atoms. The number of nitrogens with one attached hydrogen (secondary N) is 1. The van der Waals surface area contributed by atoms with Gasteiger partial charge in [-0.15, -0.1) is 0 Å². The Kier molecular flexibility index (Phi) is 5.76. The van der Waals surface area contributed by atoms with E-state index in [0.717, 1.165) is 49.3 Å². The highest BCUT2D eigenvalue weighted by atomic mass is 15.4. The van der Waals surface area contributed by atoms with Crippen LogP contribution in [0.5, 0.6) is 0 Å². The van der Waals surface area contributed by atoms with Crippen LogP contribution in [0.25, 0.3) is 0 Å². The zero-order chi connectivity index (χ0) is 18.3. The van der Waals surface area contributed by atoms with E-state index in [1.807, 2.05) is 18.2 Å². The molecule has 0 aromatic carbocycles. The van der Waals surface area contributed by atoms with Crippen LogP contribution in [-0.4, -0.2) is 47.3 Å². The second-order valence-corrected chi connectivity index (χ2v) is 7.16. The number of rotatable bonds is 5. The first-order valence-electron chi connectivity index (χ1n) is 9.96. The lowest BCUT2D eigenvalue weighted by Gasteiger charge is -2.31. The van der Waals surface area contributed by atoms with E-state index < -0.39 is 0 Å². The fraction of sp³-hybridized carbons (Fsp3) is 0.500. The predicted molar refractivity (Wildman–Crippen MR) is 110 cm³/mol. The Morgan fingerprint density at radius 3 is 2.22 bits per heavy atom. The van der Waals surface area contributed by atoms with Crippen molar-refractivity contribution < 1.29 is 0 Å². The van der Waals surface area contributed by atoms with Crippen molar-refractivity contribution in [2.75, 3.05) is 41.4 Å². The molecule has 0 amide bonds. The van der Waals surface area contributed by atoms with Gasteiger partial charge < -0.3 is 9.80 Å². The summed E-state index contributed by atoms with van der Waals surface area (Å²) >= 11 is 0. The number of anilines is 3. The van der Waals surface area contributed by atoms with Gasteiger partial charge in [-0.05, 0) is 56.2 Å². The number of aromatic nitrogens is 3. The van der Waals surface area contributed by atoms with Gasteiger partial charge in [0.05, 0.1) is 6.21 Å². The molecule has 2 aromatic rings. The van der Waals surface area contributed by atoms with Crippen LogP contribution < -0.4 is 15.2 Å². The molecule has 4 rings (SSSR count). The second-order valence-electron chi connectivity index (χ2n) is 7.16. The Balaban J connectivity index is 1.55. The van der Waals surface area contributed by atoms with Crippen LogP contribution in [0.2, 0.25) is 0 Å². The zero-order valence-electron chi connectivity index (χ0n) is 15.7. The average Bonchev–Trinajstić information content (AvgIpc) is 2.76. The largest absolute Gasteiger partial charge is 0.356 e. The molecule has 4 heterocycles. The number of hydrazone groups is 1. The lowest BCUT2D eigenvalue weighted by atomic mass is 10.1. The monoisotopic (exact) mass is 365 g/mol. The number of hydrogen-bond acceptors (Lipinski definition) is 7.